The first-order chi connectivity index (χ1) is 9.81. The third-order valence-corrected chi connectivity index (χ3v) is 3.32. The number of nitrogens with zero attached hydrogens (tertiary/aromatic N) is 1. The molecule has 2 aromatic carbocycles. The van der Waals surface area contributed by atoms with Crippen LogP contribution in [0.1, 0.15) is 11.1 Å². The van der Waals surface area contributed by atoms with E-state index in [1.54, 1.807) is 6.20 Å². The molecule has 3 aromatic rings. The first kappa shape index (κ1) is 12.7. The van der Waals surface area contributed by atoms with Gasteiger partial charge in [0.2, 0.25) is 0 Å². The molecule has 2 nitrogen and oxygen atoms in total. The summed E-state index contributed by atoms with van der Waals surface area (Å²) in [6.45, 7) is 2.80. The Kier molecular flexibility index (Phi) is 3.64. The molecule has 0 unspecified atom stereocenters. The third-order valence-electron chi connectivity index (χ3n) is 3.32. The van der Waals surface area contributed by atoms with E-state index in [0.29, 0.717) is 6.61 Å². The summed E-state index contributed by atoms with van der Waals surface area (Å²) < 4.78 is 5.83. The van der Waals surface area contributed by atoms with Crippen molar-refractivity contribution in [2.45, 2.75) is 13.3 Å². The predicted octanol–water partition coefficient (Wildman–Crippen LogP) is 4.16. The van der Waals surface area contributed by atoms with Crippen molar-refractivity contribution < 1.29 is 4.74 Å². The Morgan fingerprint density at radius 2 is 1.95 bits per heavy atom. The number of fused-ring (bicyclic) bond motifs is 1. The van der Waals surface area contributed by atoms with E-state index in [1.807, 2.05) is 24.3 Å². The molecule has 0 atom stereocenters. The van der Waals surface area contributed by atoms with Gasteiger partial charge in [-0.25, -0.2) is 0 Å². The largest absolute Gasteiger partial charge is 0.493 e. The van der Waals surface area contributed by atoms with Crippen LogP contribution in [0.15, 0.2) is 60.8 Å². The van der Waals surface area contributed by atoms with Gasteiger partial charge in [0.25, 0.3) is 0 Å². The van der Waals surface area contributed by atoms with E-state index in [0.717, 1.165) is 23.1 Å². The number of ether oxygens (including phenoxy) is 1. The summed E-state index contributed by atoms with van der Waals surface area (Å²) in [4.78, 5) is 4.30. The van der Waals surface area contributed by atoms with Gasteiger partial charge in [0.1, 0.15) is 5.75 Å². The lowest BCUT2D eigenvalue weighted by Crippen LogP contribution is -2.01. The second-order valence-corrected chi connectivity index (χ2v) is 4.95. The number of hydrogen-bond acceptors (Lipinski definition) is 2. The van der Waals surface area contributed by atoms with Gasteiger partial charge in [-0.05, 0) is 36.8 Å². The maximum atomic E-state index is 5.83. The fourth-order valence-corrected chi connectivity index (χ4v) is 2.30. The summed E-state index contributed by atoms with van der Waals surface area (Å²) in [5.41, 5.74) is 3.60. The smallest absolute Gasteiger partial charge is 0.120 e. The van der Waals surface area contributed by atoms with Crippen molar-refractivity contribution in [2.75, 3.05) is 6.61 Å². The van der Waals surface area contributed by atoms with E-state index < -0.39 is 0 Å². The highest BCUT2D eigenvalue weighted by molar-refractivity contribution is 5.79. The Morgan fingerprint density at radius 1 is 1.00 bits per heavy atom. The fourth-order valence-electron chi connectivity index (χ4n) is 2.30. The maximum Gasteiger partial charge on any atom is 0.120 e. The Hall–Kier alpha value is -2.35. The molecule has 0 aliphatic heterocycles. The molecule has 0 spiro atoms. The topological polar surface area (TPSA) is 22.1 Å². The van der Waals surface area contributed by atoms with Crippen LogP contribution in [-0.2, 0) is 6.42 Å². The standard InChI is InChI=1S/C18H17NO/c1-14-4-2-5-15(12-14)9-11-20-17-7-8-18-16(13-17)6-3-10-19-18/h2-8,10,12-13H,9,11H2,1H3. The van der Waals surface area contributed by atoms with Crippen molar-refractivity contribution in [1.82, 2.24) is 4.98 Å². The van der Waals surface area contributed by atoms with Crippen molar-refractivity contribution >= 4 is 10.9 Å². The van der Waals surface area contributed by atoms with E-state index in [9.17, 15) is 0 Å². The Labute approximate surface area is 119 Å². The number of hydrogen-bond donors (Lipinski definition) is 0. The van der Waals surface area contributed by atoms with Gasteiger partial charge in [-0.2, -0.15) is 0 Å². The SMILES string of the molecule is Cc1cccc(CCOc2ccc3ncccc3c2)c1. The molecule has 100 valence electrons. The number of pyridine rings is 1. The molecule has 0 saturated heterocycles. The second-order valence-electron chi connectivity index (χ2n) is 4.95. The zero-order valence-corrected chi connectivity index (χ0v) is 11.5. The summed E-state index contributed by atoms with van der Waals surface area (Å²) in [6, 6.07) is 18.6. The number of aromatic nitrogens is 1. The van der Waals surface area contributed by atoms with Crippen molar-refractivity contribution in [2.24, 2.45) is 0 Å². The van der Waals surface area contributed by atoms with Crippen LogP contribution in [0.25, 0.3) is 10.9 Å². The number of benzene rings is 2. The van der Waals surface area contributed by atoms with Gasteiger partial charge in [-0.15, -0.1) is 0 Å². The Morgan fingerprint density at radius 3 is 2.85 bits per heavy atom. The molecule has 0 fully saturated rings. The van der Waals surface area contributed by atoms with Crippen LogP contribution in [-0.4, -0.2) is 11.6 Å². The molecule has 0 aliphatic rings. The third kappa shape index (κ3) is 2.97. The molecule has 0 radical (unpaired) electrons. The van der Waals surface area contributed by atoms with Gasteiger partial charge in [0, 0.05) is 18.0 Å². The first-order valence-corrected chi connectivity index (χ1v) is 6.84. The van der Waals surface area contributed by atoms with Crippen LogP contribution in [0.3, 0.4) is 0 Å². The van der Waals surface area contributed by atoms with Crippen LogP contribution in [0, 0.1) is 6.92 Å². The molecular formula is C18H17NO. The monoisotopic (exact) mass is 263 g/mol. The average Bonchev–Trinajstić information content (AvgIpc) is 2.47. The highest BCUT2D eigenvalue weighted by atomic mass is 16.5. The molecule has 1 aromatic heterocycles. The zero-order chi connectivity index (χ0) is 13.8. The van der Waals surface area contributed by atoms with Gasteiger partial charge in [-0.3, -0.25) is 4.98 Å². The minimum Gasteiger partial charge on any atom is -0.493 e. The molecule has 2 heteroatoms. The van der Waals surface area contributed by atoms with Gasteiger partial charge >= 0.3 is 0 Å². The van der Waals surface area contributed by atoms with Crippen molar-refractivity contribution in [3.05, 3.63) is 71.9 Å². The minimum absolute atomic E-state index is 0.690. The Balaban J connectivity index is 1.65. The van der Waals surface area contributed by atoms with Crippen LogP contribution >= 0.6 is 0 Å². The lowest BCUT2D eigenvalue weighted by molar-refractivity contribution is 0.322. The highest BCUT2D eigenvalue weighted by Crippen LogP contribution is 2.19. The number of aryl methyl sites for hydroxylation is 1. The first-order valence-electron chi connectivity index (χ1n) is 6.84. The highest BCUT2D eigenvalue weighted by Gasteiger charge is 1.99. The van der Waals surface area contributed by atoms with Gasteiger partial charge in [-0.1, -0.05) is 35.9 Å². The molecule has 3 rings (SSSR count). The second kappa shape index (κ2) is 5.74. The quantitative estimate of drug-likeness (QED) is 0.705. The van der Waals surface area contributed by atoms with E-state index in [-0.39, 0.29) is 0 Å². The van der Waals surface area contributed by atoms with E-state index in [2.05, 4.69) is 42.2 Å². The van der Waals surface area contributed by atoms with E-state index in [1.165, 1.54) is 11.1 Å². The van der Waals surface area contributed by atoms with Crippen LogP contribution in [0.2, 0.25) is 0 Å². The van der Waals surface area contributed by atoms with Gasteiger partial charge in [0.05, 0.1) is 12.1 Å². The maximum absolute atomic E-state index is 5.83. The molecule has 0 bridgehead atoms. The van der Waals surface area contributed by atoms with E-state index >= 15 is 0 Å². The molecular weight excluding hydrogens is 246 g/mol. The summed E-state index contributed by atoms with van der Waals surface area (Å²) in [7, 11) is 0. The van der Waals surface area contributed by atoms with Crippen molar-refractivity contribution in [1.29, 1.82) is 0 Å². The lowest BCUT2D eigenvalue weighted by atomic mass is 10.1. The number of rotatable bonds is 4. The van der Waals surface area contributed by atoms with E-state index in [4.69, 9.17) is 4.74 Å². The molecule has 0 saturated carbocycles. The molecule has 0 aliphatic carbocycles. The van der Waals surface area contributed by atoms with Crippen LogP contribution in [0.4, 0.5) is 0 Å². The summed E-state index contributed by atoms with van der Waals surface area (Å²) in [5, 5.41) is 1.11. The molecule has 0 amide bonds. The molecule has 0 N–H and O–H groups in total. The predicted molar refractivity (Wildman–Crippen MR) is 82.1 cm³/mol. The zero-order valence-electron chi connectivity index (χ0n) is 11.5. The summed E-state index contributed by atoms with van der Waals surface area (Å²) in [6.07, 6.45) is 2.73. The van der Waals surface area contributed by atoms with Crippen molar-refractivity contribution in [3.8, 4) is 5.75 Å². The molecule has 20 heavy (non-hydrogen) atoms. The lowest BCUT2D eigenvalue weighted by Gasteiger charge is -2.07. The van der Waals surface area contributed by atoms with Crippen molar-refractivity contribution in [3.63, 3.8) is 0 Å². The fraction of sp³-hybridized carbons (Fsp3) is 0.167. The van der Waals surface area contributed by atoms with Crippen LogP contribution < -0.4 is 4.74 Å². The van der Waals surface area contributed by atoms with Gasteiger partial charge in [0.15, 0.2) is 0 Å². The minimum atomic E-state index is 0.690. The normalized spacial score (nSPS) is 10.7. The van der Waals surface area contributed by atoms with Gasteiger partial charge < -0.3 is 4.74 Å². The average molecular weight is 263 g/mol. The molecule has 1 heterocycles. The van der Waals surface area contributed by atoms with Crippen LogP contribution in [0.5, 0.6) is 5.75 Å². The summed E-state index contributed by atoms with van der Waals surface area (Å²) in [5.74, 6) is 0.901. The summed E-state index contributed by atoms with van der Waals surface area (Å²) >= 11 is 0. The Bertz CT molecular complexity index is 721.